The second-order valence-corrected chi connectivity index (χ2v) is 8.15. The van der Waals surface area contributed by atoms with Gasteiger partial charge in [0.15, 0.2) is 0 Å². The molecule has 0 unspecified atom stereocenters. The molecule has 4 heterocycles. The molecule has 0 saturated heterocycles. The summed E-state index contributed by atoms with van der Waals surface area (Å²) < 4.78 is 1.03. The summed E-state index contributed by atoms with van der Waals surface area (Å²) in [5.41, 5.74) is 3.84. The Hall–Kier alpha value is -2.13. The number of imidazole rings is 1. The van der Waals surface area contributed by atoms with Crippen LogP contribution in [0.4, 0.5) is 0 Å². The average molecular weight is 374 g/mol. The fourth-order valence-electron chi connectivity index (χ4n) is 2.85. The highest BCUT2D eigenvalue weighted by Crippen LogP contribution is 2.24. The Labute approximate surface area is 153 Å². The molecule has 1 amide bonds. The van der Waals surface area contributed by atoms with Gasteiger partial charge in [-0.2, -0.15) is 5.10 Å². The molecule has 0 fully saturated rings. The van der Waals surface area contributed by atoms with Crippen molar-refractivity contribution < 1.29 is 4.79 Å². The maximum Gasteiger partial charge on any atom is 0.228 e. The standard InChI is InChI=1S/C16H18N6OS2/c1-2-24-16-19-11(9-25-16)5-14(23)22-4-3-12-13(8-22)21-15(20-12)10-6-17-18-7-10/h6-7,9H,2-5,8H2,1H3,(H,17,18)(H,20,21). The predicted octanol–water partition coefficient (Wildman–Crippen LogP) is 2.50. The van der Waals surface area contributed by atoms with Crippen molar-refractivity contribution in [1.82, 2.24) is 30.0 Å². The monoisotopic (exact) mass is 374 g/mol. The van der Waals surface area contributed by atoms with Crippen LogP contribution in [0.2, 0.25) is 0 Å². The topological polar surface area (TPSA) is 90.6 Å². The van der Waals surface area contributed by atoms with E-state index >= 15 is 0 Å². The smallest absolute Gasteiger partial charge is 0.228 e. The molecular formula is C16H18N6OS2. The van der Waals surface area contributed by atoms with Crippen LogP contribution in [0.15, 0.2) is 22.1 Å². The lowest BCUT2D eigenvalue weighted by Gasteiger charge is -2.26. The number of rotatable bonds is 5. The van der Waals surface area contributed by atoms with E-state index in [4.69, 9.17) is 0 Å². The van der Waals surface area contributed by atoms with E-state index in [9.17, 15) is 4.79 Å². The summed E-state index contributed by atoms with van der Waals surface area (Å²) in [5, 5.41) is 8.73. The van der Waals surface area contributed by atoms with E-state index < -0.39 is 0 Å². The summed E-state index contributed by atoms with van der Waals surface area (Å²) >= 11 is 3.32. The fraction of sp³-hybridized carbons (Fsp3) is 0.375. The number of nitrogens with one attached hydrogen (secondary N) is 2. The fourth-order valence-corrected chi connectivity index (χ4v) is 4.59. The number of nitrogens with zero attached hydrogens (tertiary/aromatic N) is 4. The second kappa shape index (κ2) is 7.01. The van der Waals surface area contributed by atoms with E-state index in [1.807, 2.05) is 10.3 Å². The lowest BCUT2D eigenvalue weighted by atomic mass is 10.1. The number of fused-ring (bicyclic) bond motifs is 1. The van der Waals surface area contributed by atoms with E-state index in [1.54, 1.807) is 35.5 Å². The summed E-state index contributed by atoms with van der Waals surface area (Å²) in [6.45, 7) is 3.37. The lowest BCUT2D eigenvalue weighted by molar-refractivity contribution is -0.131. The molecule has 0 atom stereocenters. The molecule has 4 rings (SSSR count). The predicted molar refractivity (Wildman–Crippen MR) is 97.5 cm³/mol. The summed E-state index contributed by atoms with van der Waals surface area (Å²) in [5.74, 6) is 1.91. The molecule has 1 aliphatic heterocycles. The zero-order valence-corrected chi connectivity index (χ0v) is 15.4. The van der Waals surface area contributed by atoms with Gasteiger partial charge in [0, 0.05) is 24.5 Å². The number of hydrogen-bond acceptors (Lipinski definition) is 6. The molecule has 2 N–H and O–H groups in total. The summed E-state index contributed by atoms with van der Waals surface area (Å²) in [6, 6.07) is 0. The molecule has 25 heavy (non-hydrogen) atoms. The third-order valence-corrected chi connectivity index (χ3v) is 6.04. The number of thiazole rings is 1. The van der Waals surface area contributed by atoms with Crippen molar-refractivity contribution in [2.45, 2.75) is 30.6 Å². The Morgan fingerprint density at radius 2 is 2.36 bits per heavy atom. The van der Waals surface area contributed by atoms with Gasteiger partial charge in [0.25, 0.3) is 0 Å². The van der Waals surface area contributed by atoms with Crippen LogP contribution in [0.25, 0.3) is 11.4 Å². The minimum Gasteiger partial charge on any atom is -0.340 e. The number of carbonyl (C=O) groups excluding carboxylic acids is 1. The molecule has 0 spiro atoms. The van der Waals surface area contributed by atoms with Gasteiger partial charge in [-0.15, -0.1) is 11.3 Å². The van der Waals surface area contributed by atoms with Gasteiger partial charge in [0.1, 0.15) is 10.2 Å². The van der Waals surface area contributed by atoms with Crippen LogP contribution in [0.5, 0.6) is 0 Å². The molecule has 1 aliphatic rings. The quantitative estimate of drug-likeness (QED) is 0.670. The number of amides is 1. The first-order chi connectivity index (χ1) is 12.2. The van der Waals surface area contributed by atoms with Gasteiger partial charge in [-0.05, 0) is 5.75 Å². The van der Waals surface area contributed by atoms with Gasteiger partial charge in [-0.1, -0.05) is 18.7 Å². The number of aromatic nitrogens is 5. The third-order valence-electron chi connectivity index (χ3n) is 4.09. The van der Waals surface area contributed by atoms with Gasteiger partial charge in [0.05, 0.1) is 41.8 Å². The van der Waals surface area contributed by atoms with Crippen molar-refractivity contribution >= 4 is 29.0 Å². The van der Waals surface area contributed by atoms with Gasteiger partial charge >= 0.3 is 0 Å². The van der Waals surface area contributed by atoms with Crippen molar-refractivity contribution in [3.05, 3.63) is 34.9 Å². The Kier molecular flexibility index (Phi) is 4.58. The van der Waals surface area contributed by atoms with Crippen LogP contribution < -0.4 is 0 Å². The first-order valence-electron chi connectivity index (χ1n) is 8.15. The Balaban J connectivity index is 1.43. The minimum absolute atomic E-state index is 0.114. The second-order valence-electron chi connectivity index (χ2n) is 5.78. The highest BCUT2D eigenvalue weighted by Gasteiger charge is 2.24. The first-order valence-corrected chi connectivity index (χ1v) is 10.0. The zero-order chi connectivity index (χ0) is 17.2. The van der Waals surface area contributed by atoms with Crippen molar-refractivity contribution in [3.8, 4) is 11.4 Å². The third kappa shape index (κ3) is 3.47. The number of hydrogen-bond donors (Lipinski definition) is 2. The Morgan fingerprint density at radius 1 is 1.44 bits per heavy atom. The maximum atomic E-state index is 12.6. The molecule has 9 heteroatoms. The molecule has 0 bridgehead atoms. The van der Waals surface area contributed by atoms with E-state index in [-0.39, 0.29) is 5.91 Å². The van der Waals surface area contributed by atoms with E-state index in [2.05, 4.69) is 32.1 Å². The number of thioether (sulfide) groups is 1. The van der Waals surface area contributed by atoms with Crippen LogP contribution in [0.1, 0.15) is 24.0 Å². The van der Waals surface area contributed by atoms with Crippen LogP contribution in [0, 0.1) is 0 Å². The molecule has 130 valence electrons. The van der Waals surface area contributed by atoms with Crippen molar-refractivity contribution in [2.24, 2.45) is 0 Å². The van der Waals surface area contributed by atoms with Crippen molar-refractivity contribution in [1.29, 1.82) is 0 Å². The molecule has 3 aromatic heterocycles. The lowest BCUT2D eigenvalue weighted by Crippen LogP contribution is -2.37. The van der Waals surface area contributed by atoms with Gasteiger partial charge in [0.2, 0.25) is 5.91 Å². The van der Waals surface area contributed by atoms with Crippen molar-refractivity contribution in [3.63, 3.8) is 0 Å². The van der Waals surface area contributed by atoms with E-state index in [0.29, 0.717) is 19.5 Å². The number of H-pyrrole nitrogens is 2. The van der Waals surface area contributed by atoms with E-state index in [0.717, 1.165) is 45.0 Å². The van der Waals surface area contributed by atoms with Crippen LogP contribution >= 0.6 is 23.1 Å². The molecular weight excluding hydrogens is 356 g/mol. The minimum atomic E-state index is 0.114. The summed E-state index contributed by atoms with van der Waals surface area (Å²) in [7, 11) is 0. The SMILES string of the molecule is CCSc1nc(CC(=O)N2CCc3nc(-c4cn[nH]c4)[nH]c3C2)cs1. The van der Waals surface area contributed by atoms with Crippen LogP contribution in [0.3, 0.4) is 0 Å². The number of carbonyl (C=O) groups is 1. The van der Waals surface area contributed by atoms with E-state index in [1.165, 1.54) is 0 Å². The molecule has 0 aliphatic carbocycles. The first kappa shape index (κ1) is 16.3. The highest BCUT2D eigenvalue weighted by atomic mass is 32.2. The van der Waals surface area contributed by atoms with Gasteiger partial charge < -0.3 is 9.88 Å². The molecule has 0 aromatic carbocycles. The molecule has 7 nitrogen and oxygen atoms in total. The largest absolute Gasteiger partial charge is 0.340 e. The molecule has 0 saturated carbocycles. The Bertz CT molecular complexity index is 869. The highest BCUT2D eigenvalue weighted by molar-refractivity contribution is 8.00. The van der Waals surface area contributed by atoms with Gasteiger partial charge in [-0.3, -0.25) is 9.89 Å². The molecule has 0 radical (unpaired) electrons. The van der Waals surface area contributed by atoms with Crippen LogP contribution in [-0.4, -0.2) is 48.3 Å². The number of aromatic amines is 2. The van der Waals surface area contributed by atoms with Crippen LogP contribution in [-0.2, 0) is 24.2 Å². The maximum absolute atomic E-state index is 12.6. The Morgan fingerprint density at radius 3 is 3.16 bits per heavy atom. The summed E-state index contributed by atoms with van der Waals surface area (Å²) in [4.78, 5) is 27.0. The van der Waals surface area contributed by atoms with Gasteiger partial charge in [-0.25, -0.2) is 9.97 Å². The zero-order valence-electron chi connectivity index (χ0n) is 13.8. The normalized spacial score (nSPS) is 13.9. The van der Waals surface area contributed by atoms with Crippen molar-refractivity contribution in [2.75, 3.05) is 12.3 Å². The molecule has 3 aromatic rings. The average Bonchev–Trinajstić information content (AvgIpc) is 3.34. The summed E-state index contributed by atoms with van der Waals surface area (Å²) in [6.07, 6.45) is 4.67.